The fraction of sp³-hybridized carbons (Fsp3) is 0.316. The third-order valence-corrected chi connectivity index (χ3v) is 5.15. The lowest BCUT2D eigenvalue weighted by atomic mass is 10.0. The van der Waals surface area contributed by atoms with Crippen LogP contribution in [0.5, 0.6) is 0 Å². The van der Waals surface area contributed by atoms with Gasteiger partial charge in [0, 0.05) is 0 Å². The van der Waals surface area contributed by atoms with Gasteiger partial charge in [0.25, 0.3) is 10.0 Å². The van der Waals surface area contributed by atoms with E-state index in [4.69, 9.17) is 0 Å². The molecule has 0 aliphatic carbocycles. The summed E-state index contributed by atoms with van der Waals surface area (Å²) in [4.78, 5) is 0.224. The molecule has 0 radical (unpaired) electrons. The molecule has 0 saturated carbocycles. The van der Waals surface area contributed by atoms with Gasteiger partial charge in [0.15, 0.2) is 0 Å². The van der Waals surface area contributed by atoms with Crippen molar-refractivity contribution < 1.29 is 8.42 Å². The average molecular weight is 329 g/mol. The number of sulfonamides is 1. The van der Waals surface area contributed by atoms with E-state index >= 15 is 0 Å². The molecule has 0 bridgehead atoms. The molecule has 2 rings (SSSR count). The van der Waals surface area contributed by atoms with Crippen molar-refractivity contribution in [3.05, 3.63) is 65.2 Å². The smallest absolute Gasteiger partial charge is 0.199 e. The van der Waals surface area contributed by atoms with E-state index in [9.17, 15) is 8.42 Å². The van der Waals surface area contributed by atoms with Crippen molar-refractivity contribution in [2.24, 2.45) is 4.40 Å². The van der Waals surface area contributed by atoms with Gasteiger partial charge in [-0.1, -0.05) is 55.3 Å². The van der Waals surface area contributed by atoms with Crippen LogP contribution in [0.1, 0.15) is 43.4 Å². The first kappa shape index (κ1) is 17.4. The second kappa shape index (κ2) is 7.55. The van der Waals surface area contributed by atoms with E-state index < -0.39 is 10.0 Å². The average Bonchev–Trinajstić information content (AvgIpc) is 2.53. The van der Waals surface area contributed by atoms with Gasteiger partial charge in [-0.3, -0.25) is 0 Å². The summed E-state index contributed by atoms with van der Waals surface area (Å²) in [7, 11) is -3.66. The van der Waals surface area contributed by atoms with Crippen molar-refractivity contribution in [1.29, 1.82) is 0 Å². The molecular weight excluding hydrogens is 306 g/mol. The highest BCUT2D eigenvalue weighted by Gasteiger charge is 2.13. The summed E-state index contributed by atoms with van der Waals surface area (Å²) in [5, 5.41) is 0. The first-order valence-corrected chi connectivity index (χ1v) is 9.34. The summed E-state index contributed by atoms with van der Waals surface area (Å²) in [6, 6.07) is 14.7. The topological polar surface area (TPSA) is 46.5 Å². The van der Waals surface area contributed by atoms with Gasteiger partial charge in [-0.15, -0.1) is 0 Å². The third kappa shape index (κ3) is 4.76. The van der Waals surface area contributed by atoms with Crippen LogP contribution in [-0.2, 0) is 16.4 Å². The molecule has 0 aliphatic heterocycles. The van der Waals surface area contributed by atoms with E-state index in [2.05, 4.69) is 11.3 Å². The Balaban J connectivity index is 2.22. The zero-order valence-corrected chi connectivity index (χ0v) is 14.7. The van der Waals surface area contributed by atoms with Crippen LogP contribution in [0.15, 0.2) is 57.8 Å². The zero-order valence-electron chi connectivity index (χ0n) is 13.9. The second-order valence-electron chi connectivity index (χ2n) is 5.77. The van der Waals surface area contributed by atoms with Crippen molar-refractivity contribution in [2.45, 2.75) is 44.9 Å². The molecule has 0 aliphatic rings. The fourth-order valence-corrected chi connectivity index (χ4v) is 3.34. The fourth-order valence-electron chi connectivity index (χ4n) is 2.29. The SMILES string of the molecule is CCCCc1ccc(C(C)=NS(=O)(=O)c2ccc(C)cc2)cc1. The Morgan fingerprint density at radius 3 is 2.17 bits per heavy atom. The van der Waals surface area contributed by atoms with Crippen LogP contribution in [0.25, 0.3) is 0 Å². The summed E-state index contributed by atoms with van der Waals surface area (Å²) in [6.07, 6.45) is 3.37. The van der Waals surface area contributed by atoms with Crippen LogP contribution < -0.4 is 0 Å². The number of unbranched alkanes of at least 4 members (excludes halogenated alkanes) is 1. The van der Waals surface area contributed by atoms with Crippen molar-refractivity contribution in [1.82, 2.24) is 0 Å². The molecule has 2 aromatic rings. The van der Waals surface area contributed by atoms with Crippen LogP contribution in [0.4, 0.5) is 0 Å². The minimum atomic E-state index is -3.66. The molecule has 0 heterocycles. The van der Waals surface area contributed by atoms with Crippen LogP contribution in [0.2, 0.25) is 0 Å². The molecule has 3 nitrogen and oxygen atoms in total. The highest BCUT2D eigenvalue weighted by atomic mass is 32.2. The molecule has 0 N–H and O–H groups in total. The standard InChI is InChI=1S/C19H23NO2S/c1-4-5-6-17-9-11-18(12-10-17)16(3)20-23(21,22)19-13-7-15(2)8-14-19/h7-14H,4-6H2,1-3H3. The lowest BCUT2D eigenvalue weighted by molar-refractivity contribution is 0.598. The van der Waals surface area contributed by atoms with E-state index in [0.29, 0.717) is 5.71 Å². The molecule has 0 fully saturated rings. The van der Waals surface area contributed by atoms with E-state index in [-0.39, 0.29) is 4.90 Å². The van der Waals surface area contributed by atoms with Gasteiger partial charge in [-0.05, 0) is 49.9 Å². The number of hydrogen-bond donors (Lipinski definition) is 0. The Hall–Kier alpha value is -1.94. The molecule has 0 unspecified atom stereocenters. The van der Waals surface area contributed by atoms with Crippen molar-refractivity contribution >= 4 is 15.7 Å². The third-order valence-electron chi connectivity index (χ3n) is 3.77. The van der Waals surface area contributed by atoms with Gasteiger partial charge in [0.1, 0.15) is 0 Å². The summed E-state index contributed by atoms with van der Waals surface area (Å²) >= 11 is 0. The Morgan fingerprint density at radius 1 is 1.00 bits per heavy atom. The van der Waals surface area contributed by atoms with Gasteiger partial charge < -0.3 is 0 Å². The molecule has 0 saturated heterocycles. The van der Waals surface area contributed by atoms with Gasteiger partial charge in [-0.25, -0.2) is 0 Å². The van der Waals surface area contributed by atoms with Crippen molar-refractivity contribution in [3.63, 3.8) is 0 Å². The molecule has 0 spiro atoms. The van der Waals surface area contributed by atoms with Crippen LogP contribution in [0.3, 0.4) is 0 Å². The molecule has 2 aromatic carbocycles. The number of aryl methyl sites for hydroxylation is 2. The lowest BCUT2D eigenvalue weighted by Gasteiger charge is -2.05. The minimum Gasteiger partial charge on any atom is -0.199 e. The maximum atomic E-state index is 12.3. The van der Waals surface area contributed by atoms with Gasteiger partial charge >= 0.3 is 0 Å². The molecule has 23 heavy (non-hydrogen) atoms. The maximum Gasteiger partial charge on any atom is 0.282 e. The largest absolute Gasteiger partial charge is 0.282 e. The lowest BCUT2D eigenvalue weighted by Crippen LogP contribution is -2.03. The Kier molecular flexibility index (Phi) is 5.72. The first-order valence-electron chi connectivity index (χ1n) is 7.90. The molecule has 122 valence electrons. The quantitative estimate of drug-likeness (QED) is 0.731. The van der Waals surface area contributed by atoms with Crippen molar-refractivity contribution in [3.8, 4) is 0 Å². The second-order valence-corrected chi connectivity index (χ2v) is 7.37. The summed E-state index contributed by atoms with van der Waals surface area (Å²) in [6.45, 7) is 5.82. The van der Waals surface area contributed by atoms with E-state index in [1.165, 1.54) is 5.56 Å². The van der Waals surface area contributed by atoms with E-state index in [1.54, 1.807) is 31.2 Å². The van der Waals surface area contributed by atoms with E-state index in [0.717, 1.165) is 30.4 Å². The maximum absolute atomic E-state index is 12.3. The Bertz CT molecular complexity index is 773. The first-order chi connectivity index (χ1) is 10.9. The highest BCUT2D eigenvalue weighted by molar-refractivity contribution is 7.90. The molecule has 0 amide bonds. The van der Waals surface area contributed by atoms with Crippen LogP contribution >= 0.6 is 0 Å². The zero-order chi connectivity index (χ0) is 16.9. The van der Waals surface area contributed by atoms with Crippen molar-refractivity contribution in [2.75, 3.05) is 0 Å². The monoisotopic (exact) mass is 329 g/mol. The Morgan fingerprint density at radius 2 is 1.61 bits per heavy atom. The summed E-state index contributed by atoms with van der Waals surface area (Å²) in [5.74, 6) is 0. The Labute approximate surface area is 139 Å². The molecule has 0 aromatic heterocycles. The summed E-state index contributed by atoms with van der Waals surface area (Å²) < 4.78 is 28.7. The number of nitrogens with zero attached hydrogens (tertiary/aromatic N) is 1. The van der Waals surface area contributed by atoms with Crippen LogP contribution in [-0.4, -0.2) is 14.1 Å². The predicted molar refractivity (Wildman–Crippen MR) is 95.6 cm³/mol. The summed E-state index contributed by atoms with van der Waals surface area (Å²) in [5.41, 5.74) is 3.63. The number of rotatable bonds is 6. The van der Waals surface area contributed by atoms with Gasteiger partial charge in [0.05, 0.1) is 10.6 Å². The van der Waals surface area contributed by atoms with Gasteiger partial charge in [0.2, 0.25) is 0 Å². The molecule has 0 atom stereocenters. The normalized spacial score (nSPS) is 12.4. The molecular formula is C19H23NO2S. The number of hydrogen-bond acceptors (Lipinski definition) is 2. The van der Waals surface area contributed by atoms with Crippen LogP contribution in [0, 0.1) is 6.92 Å². The minimum absolute atomic E-state index is 0.224. The predicted octanol–water partition coefficient (Wildman–Crippen LogP) is 4.54. The van der Waals surface area contributed by atoms with E-state index in [1.807, 2.05) is 31.2 Å². The molecule has 4 heteroatoms. The highest BCUT2D eigenvalue weighted by Crippen LogP contribution is 2.15. The number of benzene rings is 2. The van der Waals surface area contributed by atoms with Gasteiger partial charge in [-0.2, -0.15) is 12.8 Å².